The molecule has 0 heterocycles. The van der Waals surface area contributed by atoms with Gasteiger partial charge in [0.1, 0.15) is 19.3 Å². The van der Waals surface area contributed by atoms with Gasteiger partial charge in [0.2, 0.25) is 0 Å². The maximum atomic E-state index is 13.1. The zero-order valence-electron chi connectivity index (χ0n) is 64.3. The summed E-state index contributed by atoms with van der Waals surface area (Å²) in [6, 6.07) is 0. The van der Waals surface area contributed by atoms with E-state index in [2.05, 4.69) is 48.5 Å². The predicted octanol–water partition coefficient (Wildman–Crippen LogP) is 23.4. The molecule has 0 rings (SSSR count). The molecule has 0 amide bonds. The molecule has 582 valence electrons. The molecular formula is C79H154O17P2. The zero-order chi connectivity index (χ0) is 72.3. The number of aliphatic hydroxyl groups is 1. The third kappa shape index (κ3) is 71.1. The number of esters is 4. The molecule has 3 unspecified atom stereocenters. The molecule has 0 fully saturated rings. The van der Waals surface area contributed by atoms with E-state index >= 15 is 0 Å². The number of carbonyl (C=O) groups excluding carboxylic acids is 4. The van der Waals surface area contributed by atoms with Crippen LogP contribution in [0, 0.1) is 17.8 Å². The average Bonchev–Trinajstić information content (AvgIpc) is 1.11. The van der Waals surface area contributed by atoms with Gasteiger partial charge in [-0.15, -0.1) is 0 Å². The van der Waals surface area contributed by atoms with Crippen LogP contribution in [0.25, 0.3) is 0 Å². The van der Waals surface area contributed by atoms with E-state index in [1.807, 2.05) is 0 Å². The smallest absolute Gasteiger partial charge is 0.462 e. The van der Waals surface area contributed by atoms with Crippen molar-refractivity contribution in [2.24, 2.45) is 17.8 Å². The number of phosphoric acid groups is 2. The normalized spacial score (nSPS) is 14.3. The number of hydrogen-bond acceptors (Lipinski definition) is 15. The van der Waals surface area contributed by atoms with Gasteiger partial charge in [0.15, 0.2) is 12.2 Å². The number of rotatable bonds is 77. The van der Waals surface area contributed by atoms with Crippen LogP contribution in [0.2, 0.25) is 0 Å². The Morgan fingerprint density at radius 1 is 0.296 bits per heavy atom. The van der Waals surface area contributed by atoms with E-state index in [0.717, 1.165) is 108 Å². The standard InChI is InChI=1S/C79H154O17P2/c1-8-10-11-12-13-14-15-16-17-18-19-20-21-22-23-24-25-33-40-48-55-62-78(83)95-74(66-89-76(81)60-53-46-39-32-29-27-31-38-45-52-59-72(7)9-2)68-93-97(85,86)91-64-73(80)65-92-98(87,88)94-69-75(67-90-77(82)61-54-47-42-35-37-44-51-58-71(5)6)96-79(84)63-56-49-41-34-28-26-30-36-43-50-57-70(3)4/h70-75,80H,8-69H2,1-7H3,(H,85,86)(H,87,88)/t72?,73-,74-,75-/m1/s1. The van der Waals surface area contributed by atoms with Crippen molar-refractivity contribution in [2.45, 2.75) is 426 Å². The number of ether oxygens (including phenoxy) is 4. The van der Waals surface area contributed by atoms with E-state index < -0.39 is 97.5 Å². The van der Waals surface area contributed by atoms with Crippen molar-refractivity contribution >= 4 is 39.5 Å². The SMILES string of the molecule is CCCCCCCCCCCCCCCCCCCCCCCC(=O)O[C@H](COC(=O)CCCCCCCCCCCCC(C)CC)COP(=O)(O)OC[C@@H](O)COP(=O)(O)OC[C@@H](COC(=O)CCCCCCCCCC(C)C)OC(=O)CCCCCCCCCCCCC(C)C. The Bertz CT molecular complexity index is 1910. The molecule has 0 saturated carbocycles. The van der Waals surface area contributed by atoms with Crippen molar-refractivity contribution in [1.29, 1.82) is 0 Å². The van der Waals surface area contributed by atoms with Gasteiger partial charge in [0.25, 0.3) is 0 Å². The van der Waals surface area contributed by atoms with E-state index in [0.29, 0.717) is 31.6 Å². The minimum atomic E-state index is -4.96. The Labute approximate surface area is 600 Å². The van der Waals surface area contributed by atoms with Gasteiger partial charge in [-0.2, -0.15) is 0 Å². The summed E-state index contributed by atoms with van der Waals surface area (Å²) in [5.74, 6) is 0.150. The lowest BCUT2D eigenvalue weighted by atomic mass is 9.99. The number of phosphoric ester groups is 2. The zero-order valence-corrected chi connectivity index (χ0v) is 66.0. The molecule has 0 saturated heterocycles. The first-order chi connectivity index (χ1) is 47.3. The van der Waals surface area contributed by atoms with Crippen molar-refractivity contribution in [1.82, 2.24) is 0 Å². The monoisotopic (exact) mass is 1440 g/mol. The van der Waals surface area contributed by atoms with Gasteiger partial charge in [-0.1, -0.05) is 357 Å². The fourth-order valence-electron chi connectivity index (χ4n) is 12.1. The van der Waals surface area contributed by atoms with Crippen LogP contribution in [0.1, 0.15) is 408 Å². The molecule has 0 aliphatic carbocycles. The van der Waals surface area contributed by atoms with Crippen LogP contribution in [0.15, 0.2) is 0 Å². The second-order valence-electron chi connectivity index (χ2n) is 29.6. The highest BCUT2D eigenvalue weighted by Crippen LogP contribution is 2.45. The first-order valence-corrected chi connectivity index (χ1v) is 43.9. The maximum Gasteiger partial charge on any atom is 0.472 e. The Kier molecular flexibility index (Phi) is 68.1. The van der Waals surface area contributed by atoms with Crippen molar-refractivity contribution in [3.8, 4) is 0 Å². The molecule has 19 heteroatoms. The molecule has 98 heavy (non-hydrogen) atoms. The molecule has 0 bridgehead atoms. The second-order valence-corrected chi connectivity index (χ2v) is 32.6. The summed E-state index contributed by atoms with van der Waals surface area (Å²) in [5.41, 5.74) is 0. The molecule has 6 atom stereocenters. The highest BCUT2D eigenvalue weighted by Gasteiger charge is 2.30. The minimum absolute atomic E-state index is 0.105. The summed E-state index contributed by atoms with van der Waals surface area (Å²) in [7, 11) is -9.92. The van der Waals surface area contributed by atoms with Crippen LogP contribution in [-0.2, 0) is 65.4 Å². The van der Waals surface area contributed by atoms with Crippen molar-refractivity contribution < 1.29 is 80.2 Å². The summed E-state index contributed by atoms with van der Waals surface area (Å²) in [5, 5.41) is 10.6. The Hall–Kier alpha value is -1.94. The van der Waals surface area contributed by atoms with Gasteiger partial charge in [-0.25, -0.2) is 9.13 Å². The quantitative estimate of drug-likeness (QED) is 0.0222. The highest BCUT2D eigenvalue weighted by atomic mass is 31.2. The fraction of sp³-hybridized carbons (Fsp3) is 0.949. The Balaban J connectivity index is 5.22. The first-order valence-electron chi connectivity index (χ1n) is 40.9. The van der Waals surface area contributed by atoms with Gasteiger partial charge in [0.05, 0.1) is 26.4 Å². The highest BCUT2D eigenvalue weighted by molar-refractivity contribution is 7.47. The van der Waals surface area contributed by atoms with E-state index in [1.54, 1.807) is 0 Å². The lowest BCUT2D eigenvalue weighted by Gasteiger charge is -2.21. The summed E-state index contributed by atoms with van der Waals surface area (Å²) in [6.45, 7) is 11.9. The van der Waals surface area contributed by atoms with Crippen LogP contribution < -0.4 is 0 Å². The molecular weight excluding hydrogens is 1280 g/mol. The maximum absolute atomic E-state index is 13.1. The molecule has 0 spiro atoms. The molecule has 3 N–H and O–H groups in total. The van der Waals surface area contributed by atoms with Crippen LogP contribution in [0.3, 0.4) is 0 Å². The van der Waals surface area contributed by atoms with Gasteiger partial charge in [-0.05, 0) is 43.4 Å². The molecule has 0 aromatic carbocycles. The Morgan fingerprint density at radius 3 is 0.776 bits per heavy atom. The van der Waals surface area contributed by atoms with E-state index in [1.165, 1.54) is 212 Å². The molecule has 17 nitrogen and oxygen atoms in total. The topological polar surface area (TPSA) is 237 Å². The van der Waals surface area contributed by atoms with Gasteiger partial charge >= 0.3 is 39.5 Å². The minimum Gasteiger partial charge on any atom is -0.462 e. The van der Waals surface area contributed by atoms with Gasteiger partial charge in [-0.3, -0.25) is 37.3 Å². The summed E-state index contributed by atoms with van der Waals surface area (Å²) < 4.78 is 68.6. The lowest BCUT2D eigenvalue weighted by Crippen LogP contribution is -2.30. The van der Waals surface area contributed by atoms with Crippen molar-refractivity contribution in [3.63, 3.8) is 0 Å². The molecule has 0 aliphatic heterocycles. The van der Waals surface area contributed by atoms with Crippen LogP contribution in [0.4, 0.5) is 0 Å². The molecule has 0 aliphatic rings. The number of carbonyl (C=O) groups is 4. The third-order valence-corrected chi connectivity index (χ3v) is 20.6. The van der Waals surface area contributed by atoms with Crippen molar-refractivity contribution in [3.05, 3.63) is 0 Å². The van der Waals surface area contributed by atoms with E-state index in [9.17, 15) is 43.2 Å². The lowest BCUT2D eigenvalue weighted by molar-refractivity contribution is -0.161. The first kappa shape index (κ1) is 96.1. The molecule has 0 radical (unpaired) electrons. The van der Waals surface area contributed by atoms with Crippen LogP contribution in [-0.4, -0.2) is 96.7 Å². The number of unbranched alkanes of at least 4 members (excludes halogenated alkanes) is 44. The van der Waals surface area contributed by atoms with Crippen LogP contribution in [0.5, 0.6) is 0 Å². The predicted molar refractivity (Wildman–Crippen MR) is 400 cm³/mol. The summed E-state index contributed by atoms with van der Waals surface area (Å²) in [4.78, 5) is 72.9. The van der Waals surface area contributed by atoms with Gasteiger partial charge in [0, 0.05) is 25.7 Å². The average molecular weight is 1440 g/mol. The van der Waals surface area contributed by atoms with Crippen molar-refractivity contribution in [2.75, 3.05) is 39.6 Å². The van der Waals surface area contributed by atoms with E-state index in [4.69, 9.17) is 37.0 Å². The molecule has 0 aromatic heterocycles. The van der Waals surface area contributed by atoms with E-state index in [-0.39, 0.29) is 25.7 Å². The fourth-order valence-corrected chi connectivity index (χ4v) is 13.7. The number of hydrogen-bond donors (Lipinski definition) is 3. The summed E-state index contributed by atoms with van der Waals surface area (Å²) >= 11 is 0. The largest absolute Gasteiger partial charge is 0.472 e. The van der Waals surface area contributed by atoms with Gasteiger partial charge < -0.3 is 33.8 Å². The second kappa shape index (κ2) is 69.4. The Morgan fingerprint density at radius 2 is 0.520 bits per heavy atom. The van der Waals surface area contributed by atoms with Crippen LogP contribution >= 0.6 is 15.6 Å². The summed E-state index contributed by atoms with van der Waals surface area (Å²) in [6.07, 6.45) is 57.0. The third-order valence-electron chi connectivity index (χ3n) is 18.7. The number of aliphatic hydroxyl groups excluding tert-OH is 1. The molecule has 0 aromatic rings.